The van der Waals surface area contributed by atoms with Gasteiger partial charge in [0.05, 0.1) is 11.8 Å². The highest BCUT2D eigenvalue weighted by Gasteiger charge is 2.67. The zero-order valence-electron chi connectivity index (χ0n) is 17.2. The van der Waals surface area contributed by atoms with Crippen LogP contribution in [0.2, 0.25) is 0 Å². The summed E-state index contributed by atoms with van der Waals surface area (Å²) in [5, 5.41) is 3.04. The van der Waals surface area contributed by atoms with E-state index in [-0.39, 0.29) is 41.4 Å². The fraction of sp³-hybridized carbons (Fsp3) is 0.542. The SMILES string of the molecule is CCc1cccc(CC)c1NC(=O)[C@H](C)N1C(=O)[C@@H]2[C@H]3C=C[C@@H]([C@@H]4C[C@@H]34)[C@H]2C1=O. The highest BCUT2D eigenvalue weighted by Crippen LogP contribution is 2.65. The zero-order valence-corrected chi connectivity index (χ0v) is 17.2. The number of nitrogens with one attached hydrogen (secondary N) is 1. The predicted octanol–water partition coefficient (Wildman–Crippen LogP) is 3.19. The second-order valence-corrected chi connectivity index (χ2v) is 9.02. The molecule has 6 rings (SSSR count). The number of aryl methyl sites for hydroxylation is 2. The summed E-state index contributed by atoms with van der Waals surface area (Å²) in [6.45, 7) is 5.79. The molecular formula is C24H28N2O3. The maximum absolute atomic E-state index is 13.2. The molecule has 1 saturated heterocycles. The smallest absolute Gasteiger partial charge is 0.247 e. The molecule has 5 heteroatoms. The van der Waals surface area contributed by atoms with E-state index in [0.29, 0.717) is 11.8 Å². The van der Waals surface area contributed by atoms with Crippen LogP contribution in [-0.4, -0.2) is 28.7 Å². The number of carbonyl (C=O) groups excluding carboxylic acids is 3. The Kier molecular flexibility index (Phi) is 4.19. The van der Waals surface area contributed by atoms with Crippen LogP contribution in [0.15, 0.2) is 30.4 Å². The van der Waals surface area contributed by atoms with Crippen molar-refractivity contribution in [2.45, 2.75) is 46.1 Å². The van der Waals surface area contributed by atoms with Gasteiger partial charge in [-0.2, -0.15) is 0 Å². The van der Waals surface area contributed by atoms with Crippen LogP contribution >= 0.6 is 0 Å². The van der Waals surface area contributed by atoms with E-state index in [9.17, 15) is 14.4 Å². The van der Waals surface area contributed by atoms with Gasteiger partial charge in [0, 0.05) is 5.69 Å². The lowest BCUT2D eigenvalue weighted by Crippen LogP contribution is -2.46. The Hall–Kier alpha value is -2.43. The van der Waals surface area contributed by atoms with Gasteiger partial charge in [0.15, 0.2) is 0 Å². The summed E-state index contributed by atoms with van der Waals surface area (Å²) in [6.07, 6.45) is 7.07. The minimum atomic E-state index is -0.800. The molecule has 0 aromatic heterocycles. The molecule has 1 aromatic rings. The first-order valence-electron chi connectivity index (χ1n) is 10.9. The van der Waals surface area contributed by atoms with Crippen LogP contribution in [0.4, 0.5) is 5.69 Å². The minimum absolute atomic E-state index is 0.146. The molecular weight excluding hydrogens is 364 g/mol. The van der Waals surface area contributed by atoms with Gasteiger partial charge in [-0.3, -0.25) is 19.3 Å². The van der Waals surface area contributed by atoms with Gasteiger partial charge < -0.3 is 5.32 Å². The van der Waals surface area contributed by atoms with E-state index in [4.69, 9.17) is 0 Å². The van der Waals surface area contributed by atoms with Gasteiger partial charge in [-0.15, -0.1) is 0 Å². The molecule has 3 fully saturated rings. The van der Waals surface area contributed by atoms with Crippen LogP contribution in [0.1, 0.15) is 38.3 Å². The van der Waals surface area contributed by atoms with Crippen molar-refractivity contribution < 1.29 is 14.4 Å². The van der Waals surface area contributed by atoms with Crippen molar-refractivity contribution in [1.29, 1.82) is 0 Å². The molecule has 29 heavy (non-hydrogen) atoms. The third kappa shape index (κ3) is 2.55. The van der Waals surface area contributed by atoms with Gasteiger partial charge in [-0.1, -0.05) is 44.2 Å². The highest BCUT2D eigenvalue weighted by molar-refractivity contribution is 6.10. The number of para-hydroxylation sites is 1. The van der Waals surface area contributed by atoms with E-state index in [0.717, 1.165) is 36.1 Å². The molecule has 1 N–H and O–H groups in total. The summed E-state index contributed by atoms with van der Waals surface area (Å²) >= 11 is 0. The van der Waals surface area contributed by atoms with Crippen molar-refractivity contribution in [2.24, 2.45) is 35.5 Å². The van der Waals surface area contributed by atoms with Gasteiger partial charge in [-0.25, -0.2) is 0 Å². The Morgan fingerprint density at radius 1 is 1.03 bits per heavy atom. The highest BCUT2D eigenvalue weighted by atomic mass is 16.2. The van der Waals surface area contributed by atoms with Crippen molar-refractivity contribution in [3.05, 3.63) is 41.5 Å². The predicted molar refractivity (Wildman–Crippen MR) is 110 cm³/mol. The van der Waals surface area contributed by atoms with Crippen molar-refractivity contribution in [2.75, 3.05) is 5.32 Å². The molecule has 5 aliphatic rings. The number of rotatable bonds is 5. The number of benzene rings is 1. The van der Waals surface area contributed by atoms with Crippen molar-refractivity contribution in [1.82, 2.24) is 4.90 Å². The average molecular weight is 392 g/mol. The Morgan fingerprint density at radius 2 is 1.55 bits per heavy atom. The zero-order chi connectivity index (χ0) is 20.4. The quantitative estimate of drug-likeness (QED) is 0.618. The van der Waals surface area contributed by atoms with Crippen molar-refractivity contribution in [3.8, 4) is 0 Å². The molecule has 1 heterocycles. The number of amides is 3. The maximum atomic E-state index is 13.2. The van der Waals surface area contributed by atoms with Crippen LogP contribution < -0.4 is 5.32 Å². The van der Waals surface area contributed by atoms with Gasteiger partial charge in [-0.05, 0) is 61.0 Å². The van der Waals surface area contributed by atoms with Crippen molar-refractivity contribution in [3.63, 3.8) is 0 Å². The Morgan fingerprint density at radius 3 is 2.03 bits per heavy atom. The molecule has 2 saturated carbocycles. The van der Waals surface area contributed by atoms with Gasteiger partial charge >= 0.3 is 0 Å². The third-order valence-corrected chi connectivity index (χ3v) is 7.71. The summed E-state index contributed by atoms with van der Waals surface area (Å²) < 4.78 is 0. The molecule has 7 atom stereocenters. The molecule has 0 radical (unpaired) electrons. The standard InChI is InChI=1S/C24H28N2O3/c1-4-13-7-6-8-14(5-2)21(13)25-22(27)12(3)26-23(28)19-15-9-10-16(18-11-17(15)18)20(19)24(26)29/h6-10,12,15-20H,4-5,11H2,1-3H3,(H,25,27)/t12-,15-,16-,17-,18-,19+,20+/m0/s1. The molecule has 0 unspecified atom stereocenters. The Labute approximate surface area is 171 Å². The van der Waals surface area contributed by atoms with E-state index < -0.39 is 6.04 Å². The van der Waals surface area contributed by atoms with Crippen LogP contribution in [-0.2, 0) is 27.2 Å². The van der Waals surface area contributed by atoms with Gasteiger partial charge in [0.1, 0.15) is 6.04 Å². The molecule has 3 amide bonds. The fourth-order valence-electron chi connectivity index (χ4n) is 6.11. The maximum Gasteiger partial charge on any atom is 0.247 e. The summed E-state index contributed by atoms with van der Waals surface area (Å²) in [6, 6.07) is 5.22. The second-order valence-electron chi connectivity index (χ2n) is 9.02. The first-order valence-corrected chi connectivity index (χ1v) is 10.9. The molecule has 5 nitrogen and oxygen atoms in total. The molecule has 152 valence electrons. The molecule has 0 spiro atoms. The van der Waals surface area contributed by atoms with E-state index in [1.807, 2.05) is 18.2 Å². The normalized spacial score (nSPS) is 34.8. The van der Waals surface area contributed by atoms with Gasteiger partial charge in [0.2, 0.25) is 17.7 Å². The molecule has 1 aromatic carbocycles. The lowest BCUT2D eigenvalue weighted by atomic mass is 9.63. The Balaban J connectivity index is 1.39. The number of likely N-dealkylation sites (tertiary alicyclic amines) is 1. The van der Waals surface area contributed by atoms with E-state index >= 15 is 0 Å². The largest absolute Gasteiger partial charge is 0.324 e. The van der Waals surface area contributed by atoms with Crippen molar-refractivity contribution >= 4 is 23.4 Å². The lowest BCUT2D eigenvalue weighted by Gasteiger charge is -2.37. The first kappa shape index (κ1) is 18.6. The van der Waals surface area contributed by atoms with Crippen LogP contribution in [0.5, 0.6) is 0 Å². The monoisotopic (exact) mass is 392 g/mol. The summed E-state index contributed by atoms with van der Waals surface area (Å²) in [5.74, 6) is 0.394. The number of allylic oxidation sites excluding steroid dienone is 2. The number of carbonyl (C=O) groups is 3. The molecule has 2 bridgehead atoms. The third-order valence-electron chi connectivity index (χ3n) is 7.71. The molecule has 1 aliphatic heterocycles. The number of nitrogens with zero attached hydrogens (tertiary/aromatic N) is 1. The minimum Gasteiger partial charge on any atom is -0.324 e. The van der Waals surface area contributed by atoms with Crippen LogP contribution in [0.3, 0.4) is 0 Å². The van der Waals surface area contributed by atoms with E-state index in [2.05, 4.69) is 31.3 Å². The van der Waals surface area contributed by atoms with Crippen LogP contribution in [0.25, 0.3) is 0 Å². The topological polar surface area (TPSA) is 66.5 Å². The number of imide groups is 1. The summed E-state index contributed by atoms with van der Waals surface area (Å²) in [4.78, 5) is 40.9. The fourth-order valence-corrected chi connectivity index (χ4v) is 6.11. The van der Waals surface area contributed by atoms with Crippen LogP contribution in [0, 0.1) is 35.5 Å². The Bertz CT molecular complexity index is 878. The van der Waals surface area contributed by atoms with E-state index in [1.54, 1.807) is 6.92 Å². The number of hydrogen-bond acceptors (Lipinski definition) is 3. The number of anilines is 1. The number of hydrogen-bond donors (Lipinski definition) is 1. The lowest BCUT2D eigenvalue weighted by molar-refractivity contribution is -0.146. The summed E-state index contributed by atoms with van der Waals surface area (Å²) in [7, 11) is 0. The van der Waals surface area contributed by atoms with E-state index in [1.165, 1.54) is 4.90 Å². The summed E-state index contributed by atoms with van der Waals surface area (Å²) in [5.41, 5.74) is 2.97. The molecule has 4 aliphatic carbocycles. The first-order chi connectivity index (χ1) is 14.0. The average Bonchev–Trinajstić information content (AvgIpc) is 3.51. The van der Waals surface area contributed by atoms with Gasteiger partial charge in [0.25, 0.3) is 0 Å². The second kappa shape index (κ2) is 6.54.